The zero-order valence-corrected chi connectivity index (χ0v) is 4.91. The molecule has 0 aromatic rings. The summed E-state index contributed by atoms with van der Waals surface area (Å²) in [6.45, 7) is 0.0368. The minimum absolute atomic E-state index is 0.0368. The predicted octanol–water partition coefficient (Wildman–Crippen LogP) is -1.89. The Kier molecular flexibility index (Phi) is 3.94. The van der Waals surface area contributed by atoms with E-state index < -0.39 is 12.1 Å². The quantitative estimate of drug-likeness (QED) is 0.392. The standard InChI is InChI=1S/C4H10N2O3/c5-2-3(7)1-4(8)9-6/h3,7H,1-2,5-6H2/t3-/m0/s1. The van der Waals surface area contributed by atoms with Crippen LogP contribution in [0.2, 0.25) is 0 Å². The van der Waals surface area contributed by atoms with Crippen LogP contribution in [0, 0.1) is 0 Å². The Bertz CT molecular complexity index is 95.8. The van der Waals surface area contributed by atoms with Gasteiger partial charge in [0.25, 0.3) is 0 Å². The molecule has 0 aromatic carbocycles. The third kappa shape index (κ3) is 3.89. The summed E-state index contributed by atoms with van der Waals surface area (Å²) in [5.41, 5.74) is 4.98. The van der Waals surface area contributed by atoms with Crippen LogP contribution in [0.5, 0.6) is 0 Å². The maximum atomic E-state index is 10.2. The Balaban J connectivity index is 3.34. The van der Waals surface area contributed by atoms with E-state index >= 15 is 0 Å². The molecule has 0 aliphatic rings. The number of hydrogen-bond acceptors (Lipinski definition) is 5. The lowest BCUT2D eigenvalue weighted by molar-refractivity contribution is -0.146. The first-order valence-electron chi connectivity index (χ1n) is 2.48. The first-order chi connectivity index (χ1) is 4.20. The molecule has 1 atom stereocenters. The van der Waals surface area contributed by atoms with Gasteiger partial charge in [-0.25, -0.2) is 0 Å². The van der Waals surface area contributed by atoms with Crippen LogP contribution in [0.1, 0.15) is 6.42 Å². The van der Waals surface area contributed by atoms with Gasteiger partial charge in [0.2, 0.25) is 0 Å². The smallest absolute Gasteiger partial charge is 0.327 e. The summed E-state index contributed by atoms with van der Waals surface area (Å²) in [5, 5.41) is 8.68. The molecular formula is C4H10N2O3. The van der Waals surface area contributed by atoms with Crippen LogP contribution in [0.25, 0.3) is 0 Å². The van der Waals surface area contributed by atoms with Crippen molar-refractivity contribution in [2.45, 2.75) is 12.5 Å². The molecule has 0 unspecified atom stereocenters. The van der Waals surface area contributed by atoms with Crippen molar-refractivity contribution in [1.82, 2.24) is 0 Å². The molecule has 9 heavy (non-hydrogen) atoms. The molecule has 0 radical (unpaired) electrons. The summed E-state index contributed by atoms with van der Waals surface area (Å²) in [5.74, 6) is 3.81. The van der Waals surface area contributed by atoms with E-state index in [4.69, 9.17) is 10.8 Å². The van der Waals surface area contributed by atoms with Gasteiger partial charge in [-0.1, -0.05) is 0 Å². The zero-order chi connectivity index (χ0) is 7.28. The number of nitrogens with two attached hydrogens (primary N) is 2. The number of carbonyl (C=O) groups is 1. The summed E-state index contributed by atoms with van der Waals surface area (Å²) in [4.78, 5) is 14.0. The Labute approximate surface area is 52.5 Å². The van der Waals surface area contributed by atoms with Crippen LogP contribution in [-0.2, 0) is 9.63 Å². The molecule has 0 saturated carbocycles. The molecular weight excluding hydrogens is 124 g/mol. The lowest BCUT2D eigenvalue weighted by atomic mass is 10.3. The summed E-state index contributed by atoms with van der Waals surface area (Å²) in [6, 6.07) is 0. The Morgan fingerprint density at radius 1 is 1.78 bits per heavy atom. The molecule has 0 saturated heterocycles. The number of rotatable bonds is 3. The molecule has 5 nitrogen and oxygen atoms in total. The van der Waals surface area contributed by atoms with E-state index in [2.05, 4.69) is 10.7 Å². The van der Waals surface area contributed by atoms with Gasteiger partial charge in [-0.2, -0.15) is 5.90 Å². The van der Waals surface area contributed by atoms with Crippen molar-refractivity contribution < 1.29 is 14.7 Å². The van der Waals surface area contributed by atoms with Crippen molar-refractivity contribution in [1.29, 1.82) is 0 Å². The van der Waals surface area contributed by atoms with Gasteiger partial charge < -0.3 is 15.7 Å². The Morgan fingerprint density at radius 3 is 2.67 bits per heavy atom. The van der Waals surface area contributed by atoms with Crippen LogP contribution in [0.3, 0.4) is 0 Å². The monoisotopic (exact) mass is 134 g/mol. The molecule has 5 heteroatoms. The summed E-state index contributed by atoms with van der Waals surface area (Å²) in [7, 11) is 0. The number of carbonyl (C=O) groups excluding carboxylic acids is 1. The van der Waals surface area contributed by atoms with Crippen LogP contribution in [0.4, 0.5) is 0 Å². The first kappa shape index (κ1) is 8.35. The maximum Gasteiger partial charge on any atom is 0.327 e. The fourth-order valence-electron chi connectivity index (χ4n) is 0.324. The normalized spacial score (nSPS) is 12.8. The number of hydrogen-bond donors (Lipinski definition) is 3. The second-order valence-corrected chi connectivity index (χ2v) is 1.58. The highest BCUT2D eigenvalue weighted by Gasteiger charge is 2.07. The molecule has 0 heterocycles. The summed E-state index contributed by atoms with van der Waals surface area (Å²) in [6.07, 6.45) is -0.992. The highest BCUT2D eigenvalue weighted by Crippen LogP contribution is 1.88. The van der Waals surface area contributed by atoms with Gasteiger partial charge >= 0.3 is 5.97 Å². The highest BCUT2D eigenvalue weighted by atomic mass is 16.7. The van der Waals surface area contributed by atoms with Gasteiger partial charge in [0.1, 0.15) is 0 Å². The minimum Gasteiger partial charge on any atom is -0.391 e. The average molecular weight is 134 g/mol. The number of aliphatic hydroxyl groups is 1. The third-order valence-corrected chi connectivity index (χ3v) is 0.806. The van der Waals surface area contributed by atoms with Crippen LogP contribution >= 0.6 is 0 Å². The van der Waals surface area contributed by atoms with Crippen molar-refractivity contribution in [3.63, 3.8) is 0 Å². The predicted molar refractivity (Wildman–Crippen MR) is 30.0 cm³/mol. The third-order valence-electron chi connectivity index (χ3n) is 0.806. The van der Waals surface area contributed by atoms with E-state index in [9.17, 15) is 4.79 Å². The molecule has 0 fully saturated rings. The van der Waals surface area contributed by atoms with Gasteiger partial charge in [-0.05, 0) is 0 Å². The van der Waals surface area contributed by atoms with E-state index in [1.54, 1.807) is 0 Å². The molecule has 0 rings (SSSR count). The average Bonchev–Trinajstić information content (AvgIpc) is 1.87. The highest BCUT2D eigenvalue weighted by molar-refractivity contribution is 5.69. The van der Waals surface area contributed by atoms with Crippen LogP contribution in [-0.4, -0.2) is 23.7 Å². The summed E-state index contributed by atoms with van der Waals surface area (Å²) >= 11 is 0. The fraction of sp³-hybridized carbons (Fsp3) is 0.750. The second kappa shape index (κ2) is 4.25. The van der Waals surface area contributed by atoms with Crippen LogP contribution in [0.15, 0.2) is 0 Å². The number of aliphatic hydroxyl groups excluding tert-OH is 1. The molecule has 0 bridgehead atoms. The van der Waals surface area contributed by atoms with Gasteiger partial charge in [0.15, 0.2) is 0 Å². The van der Waals surface area contributed by atoms with Gasteiger partial charge in [-0.3, -0.25) is 4.79 Å². The largest absolute Gasteiger partial charge is 0.391 e. The summed E-state index contributed by atoms with van der Waals surface area (Å²) < 4.78 is 0. The molecule has 5 N–H and O–H groups in total. The molecule has 0 aromatic heterocycles. The molecule has 0 aliphatic heterocycles. The van der Waals surface area contributed by atoms with Crippen molar-refractivity contribution >= 4 is 5.97 Å². The van der Waals surface area contributed by atoms with Crippen molar-refractivity contribution in [3.8, 4) is 0 Å². The van der Waals surface area contributed by atoms with E-state index in [-0.39, 0.29) is 13.0 Å². The molecule has 0 aliphatic carbocycles. The topological polar surface area (TPSA) is 98.6 Å². The van der Waals surface area contributed by atoms with Crippen molar-refractivity contribution in [2.24, 2.45) is 11.6 Å². The van der Waals surface area contributed by atoms with Crippen LogP contribution < -0.4 is 11.6 Å². The Morgan fingerprint density at radius 2 is 2.33 bits per heavy atom. The van der Waals surface area contributed by atoms with Gasteiger partial charge in [0.05, 0.1) is 12.5 Å². The molecule has 0 spiro atoms. The lowest BCUT2D eigenvalue weighted by Gasteiger charge is -2.02. The second-order valence-electron chi connectivity index (χ2n) is 1.58. The van der Waals surface area contributed by atoms with E-state index in [0.29, 0.717) is 0 Å². The fourth-order valence-corrected chi connectivity index (χ4v) is 0.324. The molecule has 0 amide bonds. The van der Waals surface area contributed by atoms with E-state index in [1.165, 1.54) is 0 Å². The van der Waals surface area contributed by atoms with Gasteiger partial charge in [-0.15, -0.1) is 0 Å². The van der Waals surface area contributed by atoms with Crippen molar-refractivity contribution in [3.05, 3.63) is 0 Å². The zero-order valence-electron chi connectivity index (χ0n) is 4.91. The van der Waals surface area contributed by atoms with Crippen molar-refractivity contribution in [2.75, 3.05) is 6.54 Å². The lowest BCUT2D eigenvalue weighted by Crippen LogP contribution is -2.25. The molecule has 54 valence electrons. The van der Waals surface area contributed by atoms with Gasteiger partial charge in [0, 0.05) is 6.54 Å². The maximum absolute atomic E-state index is 10.2. The Hall–Kier alpha value is -0.650. The van der Waals surface area contributed by atoms with E-state index in [1.807, 2.05) is 0 Å². The van der Waals surface area contributed by atoms with E-state index in [0.717, 1.165) is 0 Å². The first-order valence-corrected chi connectivity index (χ1v) is 2.48. The minimum atomic E-state index is -0.846. The SMILES string of the molecule is NC[C@@H](O)CC(=O)ON.